The van der Waals surface area contributed by atoms with Gasteiger partial charge in [0.1, 0.15) is 16.7 Å². The Morgan fingerprint density at radius 3 is 2.24 bits per heavy atom. The molecule has 7 nitrogen and oxygen atoms in total. The van der Waals surface area contributed by atoms with Crippen molar-refractivity contribution in [2.24, 2.45) is 0 Å². The van der Waals surface area contributed by atoms with Crippen LogP contribution in [0.2, 0.25) is 5.02 Å². The van der Waals surface area contributed by atoms with Crippen LogP contribution in [0.25, 0.3) is 16.9 Å². The number of alkyl halides is 3. The van der Waals surface area contributed by atoms with Gasteiger partial charge in [-0.2, -0.15) is 23.4 Å². The predicted octanol–water partition coefficient (Wildman–Crippen LogP) is 5.84. The number of rotatable bonds is 5. The summed E-state index contributed by atoms with van der Waals surface area (Å²) in [5.74, 6) is -1.85. The minimum Gasteiger partial charge on any atom is -0.302 e. The van der Waals surface area contributed by atoms with E-state index in [2.05, 4.69) is 20.5 Å². The van der Waals surface area contributed by atoms with Gasteiger partial charge < -0.3 is 5.32 Å². The number of nitrogens with zero attached hydrogens (tertiary/aromatic N) is 5. The Morgan fingerprint density at radius 1 is 0.946 bits per heavy atom. The number of carbonyl (C=O) groups is 1. The van der Waals surface area contributed by atoms with E-state index in [1.165, 1.54) is 35.1 Å². The first-order chi connectivity index (χ1) is 17.6. The Morgan fingerprint density at radius 2 is 1.59 bits per heavy atom. The summed E-state index contributed by atoms with van der Waals surface area (Å²) in [5.41, 5.74) is -0.876. The Hall–Kier alpha value is -4.32. The summed E-state index contributed by atoms with van der Waals surface area (Å²) >= 11 is 6.16. The molecule has 0 aliphatic rings. The van der Waals surface area contributed by atoms with Crippen LogP contribution >= 0.6 is 11.6 Å². The minimum atomic E-state index is -4.82. The van der Waals surface area contributed by atoms with Gasteiger partial charge >= 0.3 is 6.18 Å². The van der Waals surface area contributed by atoms with E-state index in [0.29, 0.717) is 4.52 Å². The third-order valence-electron chi connectivity index (χ3n) is 5.30. The van der Waals surface area contributed by atoms with Crippen LogP contribution in [-0.2, 0) is 12.7 Å². The Kier molecular flexibility index (Phi) is 6.12. The molecule has 0 unspecified atom stereocenters. The first kappa shape index (κ1) is 24.4. The topological polar surface area (TPSA) is 77.1 Å². The SMILES string of the molecule is O=C(Nc1nn(Cc2ccc(F)cc2)cc1Cl)c1cc2nc(-c3ccc(F)cc3)cc(C(F)(F)F)n2n1. The normalized spacial score (nSPS) is 11.7. The minimum absolute atomic E-state index is 0.0400. The summed E-state index contributed by atoms with van der Waals surface area (Å²) in [6, 6.07) is 12.3. The van der Waals surface area contributed by atoms with Crippen LogP contribution in [0.1, 0.15) is 21.7 Å². The largest absolute Gasteiger partial charge is 0.433 e. The van der Waals surface area contributed by atoms with Gasteiger partial charge in [-0.3, -0.25) is 9.48 Å². The second kappa shape index (κ2) is 9.28. The van der Waals surface area contributed by atoms with Crippen molar-refractivity contribution in [1.82, 2.24) is 24.4 Å². The molecule has 2 aromatic carbocycles. The number of nitrogens with one attached hydrogen (secondary N) is 1. The van der Waals surface area contributed by atoms with Gasteiger partial charge in [0.25, 0.3) is 5.91 Å². The van der Waals surface area contributed by atoms with E-state index in [9.17, 15) is 26.7 Å². The zero-order valence-electron chi connectivity index (χ0n) is 18.5. The quantitative estimate of drug-likeness (QED) is 0.288. The molecule has 5 rings (SSSR count). The standard InChI is InChI=1S/C24H14ClF5N6O/c25-17-12-35(11-13-1-5-15(26)6-2-13)34-22(17)32-23(37)19-10-21-31-18(14-3-7-16(27)8-4-14)9-20(24(28,29)30)36(21)33-19/h1-10,12H,11H2,(H,32,34,37). The van der Waals surface area contributed by atoms with E-state index in [-0.39, 0.29) is 40.0 Å². The number of hydrogen-bond donors (Lipinski definition) is 1. The molecule has 3 heterocycles. The highest BCUT2D eigenvalue weighted by atomic mass is 35.5. The second-order valence-corrected chi connectivity index (χ2v) is 8.34. The van der Waals surface area contributed by atoms with Crippen LogP contribution in [0.4, 0.5) is 27.8 Å². The number of halogens is 6. The molecule has 188 valence electrons. The van der Waals surface area contributed by atoms with Crippen LogP contribution in [0, 0.1) is 11.6 Å². The van der Waals surface area contributed by atoms with Crippen molar-refractivity contribution in [3.8, 4) is 11.3 Å². The molecule has 0 saturated heterocycles. The highest BCUT2D eigenvalue weighted by Gasteiger charge is 2.35. The first-order valence-corrected chi connectivity index (χ1v) is 11.0. The highest BCUT2D eigenvalue weighted by Crippen LogP contribution is 2.32. The Bertz CT molecular complexity index is 1610. The van der Waals surface area contributed by atoms with Crippen LogP contribution in [-0.4, -0.2) is 30.3 Å². The summed E-state index contributed by atoms with van der Waals surface area (Å²) < 4.78 is 69.7. The molecule has 0 aliphatic heterocycles. The molecule has 0 atom stereocenters. The molecule has 5 aromatic rings. The third kappa shape index (κ3) is 5.14. The molecule has 1 amide bonds. The molecule has 3 aromatic heterocycles. The first-order valence-electron chi connectivity index (χ1n) is 10.6. The lowest BCUT2D eigenvalue weighted by molar-refractivity contribution is -0.142. The molecule has 0 saturated carbocycles. The van der Waals surface area contributed by atoms with Crippen molar-refractivity contribution in [1.29, 1.82) is 0 Å². The summed E-state index contributed by atoms with van der Waals surface area (Å²) in [7, 11) is 0. The summed E-state index contributed by atoms with van der Waals surface area (Å²) in [6.45, 7) is 0.231. The second-order valence-electron chi connectivity index (χ2n) is 7.93. The maximum atomic E-state index is 13.8. The smallest absolute Gasteiger partial charge is 0.302 e. The molecular weight excluding hydrogens is 519 g/mol. The van der Waals surface area contributed by atoms with Gasteiger partial charge in [-0.25, -0.2) is 18.3 Å². The molecule has 0 bridgehead atoms. The lowest BCUT2D eigenvalue weighted by atomic mass is 10.1. The Labute approximate surface area is 210 Å². The molecule has 1 N–H and O–H groups in total. The number of fused-ring (bicyclic) bond motifs is 1. The number of anilines is 1. The molecule has 0 aliphatic carbocycles. The van der Waals surface area contributed by atoms with Gasteiger partial charge in [-0.05, 0) is 48.0 Å². The van der Waals surface area contributed by atoms with Crippen molar-refractivity contribution in [3.63, 3.8) is 0 Å². The van der Waals surface area contributed by atoms with E-state index in [4.69, 9.17) is 11.6 Å². The third-order valence-corrected chi connectivity index (χ3v) is 5.57. The van der Waals surface area contributed by atoms with Gasteiger partial charge in [0.15, 0.2) is 22.9 Å². The van der Waals surface area contributed by atoms with Gasteiger partial charge in [-0.15, -0.1) is 0 Å². The number of aromatic nitrogens is 5. The summed E-state index contributed by atoms with van der Waals surface area (Å²) in [6.07, 6.45) is -3.39. The number of benzene rings is 2. The molecule has 0 fully saturated rings. The van der Waals surface area contributed by atoms with Crippen LogP contribution < -0.4 is 5.32 Å². The van der Waals surface area contributed by atoms with E-state index < -0.39 is 29.4 Å². The van der Waals surface area contributed by atoms with Crippen molar-refractivity contribution in [3.05, 3.63) is 100 Å². The summed E-state index contributed by atoms with van der Waals surface area (Å²) in [5, 5.41) is 10.4. The van der Waals surface area contributed by atoms with Crippen LogP contribution in [0.5, 0.6) is 0 Å². The van der Waals surface area contributed by atoms with Crippen molar-refractivity contribution in [2.75, 3.05) is 5.32 Å². The van der Waals surface area contributed by atoms with Gasteiger partial charge in [0.2, 0.25) is 0 Å². The van der Waals surface area contributed by atoms with Crippen LogP contribution in [0.3, 0.4) is 0 Å². The van der Waals surface area contributed by atoms with E-state index in [0.717, 1.165) is 29.8 Å². The molecule has 37 heavy (non-hydrogen) atoms. The maximum Gasteiger partial charge on any atom is 0.433 e. The number of carbonyl (C=O) groups excluding carboxylic acids is 1. The van der Waals surface area contributed by atoms with Crippen LogP contribution in [0.15, 0.2) is 66.9 Å². The van der Waals surface area contributed by atoms with Crippen molar-refractivity contribution in [2.45, 2.75) is 12.7 Å². The highest BCUT2D eigenvalue weighted by molar-refractivity contribution is 6.33. The molecule has 0 spiro atoms. The molecular formula is C24H14ClF5N6O. The van der Waals surface area contributed by atoms with E-state index >= 15 is 0 Å². The molecule has 13 heteroatoms. The number of amides is 1. The fraction of sp³-hybridized carbons (Fsp3) is 0.0833. The monoisotopic (exact) mass is 532 g/mol. The fourth-order valence-electron chi connectivity index (χ4n) is 3.57. The van der Waals surface area contributed by atoms with Gasteiger partial charge in [0, 0.05) is 17.8 Å². The zero-order chi connectivity index (χ0) is 26.3. The van der Waals surface area contributed by atoms with Crippen molar-refractivity contribution < 1.29 is 26.7 Å². The lowest BCUT2D eigenvalue weighted by Gasteiger charge is -2.11. The lowest BCUT2D eigenvalue weighted by Crippen LogP contribution is -2.16. The zero-order valence-corrected chi connectivity index (χ0v) is 19.2. The Balaban J connectivity index is 1.44. The number of hydrogen-bond acceptors (Lipinski definition) is 4. The van der Waals surface area contributed by atoms with E-state index in [1.807, 2.05) is 0 Å². The predicted molar refractivity (Wildman–Crippen MR) is 124 cm³/mol. The average Bonchev–Trinajstić information content (AvgIpc) is 3.43. The summed E-state index contributed by atoms with van der Waals surface area (Å²) in [4.78, 5) is 17.0. The van der Waals surface area contributed by atoms with Gasteiger partial charge in [-0.1, -0.05) is 23.7 Å². The molecule has 0 radical (unpaired) electrons. The maximum absolute atomic E-state index is 13.8. The average molecular weight is 533 g/mol. The van der Waals surface area contributed by atoms with E-state index in [1.54, 1.807) is 12.1 Å². The van der Waals surface area contributed by atoms with Gasteiger partial charge in [0.05, 0.1) is 12.2 Å². The fourth-order valence-corrected chi connectivity index (χ4v) is 3.76. The van der Waals surface area contributed by atoms with Crippen molar-refractivity contribution >= 4 is 29.0 Å².